The highest BCUT2D eigenvalue weighted by Gasteiger charge is 2.22. The van der Waals surface area contributed by atoms with Crippen LogP contribution < -0.4 is 4.74 Å². The summed E-state index contributed by atoms with van der Waals surface area (Å²) in [5.74, 6) is 1.39. The van der Waals surface area contributed by atoms with Crippen LogP contribution in [-0.4, -0.2) is 42.2 Å². The minimum atomic E-state index is -0.727. The van der Waals surface area contributed by atoms with Crippen LogP contribution in [0.5, 0.6) is 5.75 Å². The summed E-state index contributed by atoms with van der Waals surface area (Å²) < 4.78 is 7.01. The zero-order valence-electron chi connectivity index (χ0n) is 13.9. The summed E-state index contributed by atoms with van der Waals surface area (Å²) >= 11 is 3.50. The van der Waals surface area contributed by atoms with Gasteiger partial charge in [0.05, 0.1) is 13.2 Å². The molecule has 0 bridgehead atoms. The lowest BCUT2D eigenvalue weighted by Gasteiger charge is -2.32. The first kappa shape index (κ1) is 18.3. The molecule has 0 amide bonds. The number of aryl methyl sites for hydroxylation is 1. The van der Waals surface area contributed by atoms with E-state index in [1.54, 1.807) is 0 Å². The van der Waals surface area contributed by atoms with Crippen LogP contribution in [-0.2, 0) is 4.79 Å². The fourth-order valence-electron chi connectivity index (χ4n) is 3.15. The maximum Gasteiger partial charge on any atom is 0.317 e. The van der Waals surface area contributed by atoms with Gasteiger partial charge in [-0.15, -0.1) is 0 Å². The van der Waals surface area contributed by atoms with E-state index < -0.39 is 5.97 Å². The van der Waals surface area contributed by atoms with Gasteiger partial charge < -0.3 is 9.84 Å². The standard InChI is InChI=1S/C18H26BrNO3/c1-13(12-23-16-3-4-17(19)14(2)10-16)9-15-5-7-20(8-6-15)11-18(21)22/h3-4,10,13,15H,5-9,11-12H2,1-2H3,(H,21,22)/t13-/m1/s1. The monoisotopic (exact) mass is 383 g/mol. The van der Waals surface area contributed by atoms with Crippen molar-refractivity contribution in [1.29, 1.82) is 0 Å². The van der Waals surface area contributed by atoms with Crippen LogP contribution in [0, 0.1) is 18.8 Å². The quantitative estimate of drug-likeness (QED) is 0.773. The zero-order valence-corrected chi connectivity index (χ0v) is 15.5. The first-order valence-corrected chi connectivity index (χ1v) is 9.06. The molecule has 1 N–H and O–H groups in total. The second kappa shape index (κ2) is 8.69. The summed E-state index contributed by atoms with van der Waals surface area (Å²) in [6.07, 6.45) is 3.33. The molecule has 0 aliphatic carbocycles. The Morgan fingerprint density at radius 1 is 1.43 bits per heavy atom. The van der Waals surface area contributed by atoms with Gasteiger partial charge in [0.1, 0.15) is 5.75 Å². The Kier molecular flexibility index (Phi) is 6.90. The lowest BCUT2D eigenvalue weighted by molar-refractivity contribution is -0.138. The molecule has 1 aromatic carbocycles. The van der Waals surface area contributed by atoms with E-state index >= 15 is 0 Å². The second-order valence-electron chi connectivity index (χ2n) is 6.68. The van der Waals surface area contributed by atoms with Crippen molar-refractivity contribution < 1.29 is 14.6 Å². The number of likely N-dealkylation sites (tertiary alicyclic amines) is 1. The number of nitrogens with zero attached hydrogens (tertiary/aromatic N) is 1. The zero-order chi connectivity index (χ0) is 16.8. The summed E-state index contributed by atoms with van der Waals surface area (Å²) in [5.41, 5.74) is 1.18. The maximum absolute atomic E-state index is 10.7. The van der Waals surface area contributed by atoms with Gasteiger partial charge in [-0.25, -0.2) is 0 Å². The first-order chi connectivity index (χ1) is 10.9. The van der Waals surface area contributed by atoms with E-state index in [0.29, 0.717) is 11.8 Å². The van der Waals surface area contributed by atoms with Crippen molar-refractivity contribution in [2.75, 3.05) is 26.2 Å². The molecular formula is C18H26BrNO3. The van der Waals surface area contributed by atoms with Crippen LogP contribution in [0.4, 0.5) is 0 Å². The van der Waals surface area contributed by atoms with Crippen molar-refractivity contribution in [1.82, 2.24) is 4.90 Å². The molecule has 1 aliphatic rings. The largest absolute Gasteiger partial charge is 0.493 e. The van der Waals surface area contributed by atoms with Crippen LogP contribution in [0.25, 0.3) is 0 Å². The third-order valence-electron chi connectivity index (χ3n) is 4.47. The summed E-state index contributed by atoms with van der Waals surface area (Å²) in [6.45, 7) is 7.00. The molecule has 128 valence electrons. The predicted molar refractivity (Wildman–Crippen MR) is 95.0 cm³/mol. The number of hydrogen-bond donors (Lipinski definition) is 1. The number of hydrogen-bond acceptors (Lipinski definition) is 3. The number of benzene rings is 1. The molecule has 1 aromatic rings. The number of ether oxygens (including phenoxy) is 1. The van der Waals surface area contributed by atoms with Crippen LogP contribution in [0.1, 0.15) is 31.7 Å². The molecule has 0 spiro atoms. The molecule has 5 heteroatoms. The van der Waals surface area contributed by atoms with E-state index in [9.17, 15) is 4.79 Å². The van der Waals surface area contributed by atoms with Gasteiger partial charge in [0.2, 0.25) is 0 Å². The summed E-state index contributed by atoms with van der Waals surface area (Å²) in [4.78, 5) is 12.8. The maximum atomic E-state index is 10.7. The minimum Gasteiger partial charge on any atom is -0.493 e. The molecule has 1 atom stereocenters. The van der Waals surface area contributed by atoms with E-state index in [-0.39, 0.29) is 6.54 Å². The molecule has 23 heavy (non-hydrogen) atoms. The predicted octanol–water partition coefficient (Wildman–Crippen LogP) is 3.96. The number of carbonyl (C=O) groups is 1. The molecule has 0 unspecified atom stereocenters. The Labute approximate surface area is 147 Å². The number of carboxylic acids is 1. The van der Waals surface area contributed by atoms with Crippen molar-refractivity contribution in [2.45, 2.75) is 33.1 Å². The van der Waals surface area contributed by atoms with Gasteiger partial charge in [0.25, 0.3) is 0 Å². The van der Waals surface area contributed by atoms with Gasteiger partial charge in [-0.1, -0.05) is 22.9 Å². The van der Waals surface area contributed by atoms with Gasteiger partial charge in [-0.3, -0.25) is 9.69 Å². The number of piperidine rings is 1. The average Bonchev–Trinajstić information content (AvgIpc) is 2.50. The van der Waals surface area contributed by atoms with Gasteiger partial charge in [-0.05, 0) is 74.9 Å². The smallest absolute Gasteiger partial charge is 0.317 e. The Morgan fingerprint density at radius 2 is 2.13 bits per heavy atom. The summed E-state index contributed by atoms with van der Waals surface area (Å²) in [5, 5.41) is 8.83. The first-order valence-electron chi connectivity index (χ1n) is 8.27. The number of aliphatic carboxylic acids is 1. The normalized spacial score (nSPS) is 17.9. The van der Waals surface area contributed by atoms with Crippen molar-refractivity contribution in [3.63, 3.8) is 0 Å². The number of carboxylic acid groups (broad SMARTS) is 1. The molecule has 4 nitrogen and oxygen atoms in total. The van der Waals surface area contributed by atoms with Crippen LogP contribution in [0.15, 0.2) is 22.7 Å². The summed E-state index contributed by atoms with van der Waals surface area (Å²) in [6, 6.07) is 6.07. The lowest BCUT2D eigenvalue weighted by Crippen LogP contribution is -2.37. The molecular weight excluding hydrogens is 358 g/mol. The minimum absolute atomic E-state index is 0.175. The fraction of sp³-hybridized carbons (Fsp3) is 0.611. The molecule has 0 radical (unpaired) electrons. The van der Waals surface area contributed by atoms with Gasteiger partial charge >= 0.3 is 5.97 Å². The van der Waals surface area contributed by atoms with Crippen molar-refractivity contribution in [3.8, 4) is 5.75 Å². The second-order valence-corrected chi connectivity index (χ2v) is 7.53. The summed E-state index contributed by atoms with van der Waals surface area (Å²) in [7, 11) is 0. The highest BCUT2D eigenvalue weighted by molar-refractivity contribution is 9.10. The Balaban J connectivity index is 1.70. The third-order valence-corrected chi connectivity index (χ3v) is 5.36. The number of rotatable bonds is 7. The Hall–Kier alpha value is -1.07. The molecule has 0 aromatic heterocycles. The fourth-order valence-corrected chi connectivity index (χ4v) is 3.40. The van der Waals surface area contributed by atoms with Crippen molar-refractivity contribution in [2.24, 2.45) is 11.8 Å². The number of halogens is 1. The van der Waals surface area contributed by atoms with E-state index in [1.807, 2.05) is 17.0 Å². The highest BCUT2D eigenvalue weighted by atomic mass is 79.9. The van der Waals surface area contributed by atoms with Gasteiger partial charge in [0.15, 0.2) is 0 Å². The Morgan fingerprint density at radius 3 is 2.74 bits per heavy atom. The lowest BCUT2D eigenvalue weighted by atomic mass is 9.88. The molecule has 1 aliphatic heterocycles. The van der Waals surface area contributed by atoms with Crippen LogP contribution in [0.2, 0.25) is 0 Å². The third kappa shape index (κ3) is 6.15. The molecule has 1 saturated heterocycles. The average molecular weight is 384 g/mol. The van der Waals surface area contributed by atoms with E-state index in [4.69, 9.17) is 9.84 Å². The van der Waals surface area contributed by atoms with Crippen LogP contribution >= 0.6 is 15.9 Å². The highest BCUT2D eigenvalue weighted by Crippen LogP contribution is 2.26. The topological polar surface area (TPSA) is 49.8 Å². The molecule has 2 rings (SSSR count). The van der Waals surface area contributed by atoms with Gasteiger partial charge in [-0.2, -0.15) is 0 Å². The van der Waals surface area contributed by atoms with E-state index in [1.165, 1.54) is 5.56 Å². The molecule has 0 saturated carbocycles. The Bertz CT molecular complexity index is 527. The van der Waals surface area contributed by atoms with Gasteiger partial charge in [0, 0.05) is 4.47 Å². The van der Waals surface area contributed by atoms with E-state index in [2.05, 4.69) is 35.8 Å². The molecule has 1 heterocycles. The van der Waals surface area contributed by atoms with Crippen molar-refractivity contribution >= 4 is 21.9 Å². The van der Waals surface area contributed by atoms with Crippen molar-refractivity contribution in [3.05, 3.63) is 28.2 Å². The van der Waals surface area contributed by atoms with Crippen LogP contribution in [0.3, 0.4) is 0 Å². The SMILES string of the molecule is Cc1cc(OC[C@H](C)CC2CCN(CC(=O)O)CC2)ccc1Br. The molecule has 1 fully saturated rings. The van der Waals surface area contributed by atoms with E-state index in [0.717, 1.165) is 49.2 Å².